The van der Waals surface area contributed by atoms with Crippen molar-refractivity contribution in [2.24, 2.45) is 0 Å². The van der Waals surface area contributed by atoms with Gasteiger partial charge in [0.05, 0.1) is 13.0 Å². The predicted molar refractivity (Wildman–Crippen MR) is 103 cm³/mol. The maximum atomic E-state index is 10.7. The fraction of sp³-hybridized carbons (Fsp3) is 0.235. The molecular weight excluding hydrogens is 438 g/mol. The van der Waals surface area contributed by atoms with Crippen LogP contribution in [0.3, 0.4) is 0 Å². The van der Waals surface area contributed by atoms with Gasteiger partial charge in [0.15, 0.2) is 4.74 Å². The maximum Gasteiger partial charge on any atom is 0.303 e. The first-order valence-corrected chi connectivity index (χ1v) is 8.93. The summed E-state index contributed by atoms with van der Waals surface area (Å²) in [6.45, 7) is 0.330. The van der Waals surface area contributed by atoms with Gasteiger partial charge in [0.25, 0.3) is 0 Å². The van der Waals surface area contributed by atoms with Gasteiger partial charge in [-0.1, -0.05) is 52.3 Å². The van der Waals surface area contributed by atoms with Crippen LogP contribution in [-0.4, -0.2) is 33.1 Å². The highest BCUT2D eigenvalue weighted by molar-refractivity contribution is 9.18. The van der Waals surface area contributed by atoms with Crippen LogP contribution in [0.2, 0.25) is 0 Å². The van der Waals surface area contributed by atoms with E-state index in [1.165, 1.54) is 4.90 Å². The molecule has 0 spiro atoms. The summed E-state index contributed by atoms with van der Waals surface area (Å²) < 4.78 is 1.13. The second-order valence-electron chi connectivity index (χ2n) is 5.30. The zero-order valence-electron chi connectivity index (χ0n) is 12.9. The Balaban J connectivity index is 2.40. The molecule has 1 aromatic rings. The largest absolute Gasteiger partial charge is 0.481 e. The highest BCUT2D eigenvalue weighted by atomic mass is 79.9. The summed E-state index contributed by atoms with van der Waals surface area (Å²) in [4.78, 5) is 12.2. The molecule has 3 N–H and O–H groups in total. The van der Waals surface area contributed by atoms with E-state index in [9.17, 15) is 4.79 Å². The van der Waals surface area contributed by atoms with Crippen LogP contribution in [0.25, 0.3) is 10.1 Å². The first-order chi connectivity index (χ1) is 11.4. The molecule has 0 atom stereocenters. The number of halogens is 2. The second-order valence-corrected chi connectivity index (χ2v) is 7.01. The fourth-order valence-corrected chi connectivity index (χ4v) is 3.33. The summed E-state index contributed by atoms with van der Waals surface area (Å²) >= 11 is 6.72. The number of amidine groups is 2. The van der Waals surface area contributed by atoms with E-state index in [4.69, 9.17) is 15.9 Å². The molecule has 2 rings (SSSR count). The Kier molecular flexibility index (Phi) is 6.51. The summed E-state index contributed by atoms with van der Waals surface area (Å²) in [7, 11) is 0. The molecule has 0 radical (unpaired) electrons. The number of benzene rings is 1. The molecule has 0 amide bonds. The number of rotatable bonds is 5. The summed E-state index contributed by atoms with van der Waals surface area (Å²) in [5.41, 5.74) is 0.976. The number of allylic oxidation sites excluding steroid dienone is 1. The average Bonchev–Trinajstić information content (AvgIpc) is 2.70. The summed E-state index contributed by atoms with van der Waals surface area (Å²) in [6.07, 6.45) is 4.77. The normalized spacial score (nSPS) is 13.2. The van der Waals surface area contributed by atoms with E-state index in [1.54, 1.807) is 0 Å². The third kappa shape index (κ3) is 4.64. The van der Waals surface area contributed by atoms with Gasteiger partial charge in [-0.15, -0.1) is 0 Å². The quantitative estimate of drug-likeness (QED) is 0.363. The monoisotopic (exact) mass is 453 g/mol. The lowest BCUT2D eigenvalue weighted by Crippen LogP contribution is -2.37. The molecule has 0 unspecified atom stereocenters. The topological polar surface area (TPSA) is 88.2 Å². The van der Waals surface area contributed by atoms with Crippen molar-refractivity contribution in [3.63, 3.8) is 0 Å². The van der Waals surface area contributed by atoms with E-state index in [0.29, 0.717) is 6.54 Å². The maximum absolute atomic E-state index is 10.7. The molecule has 0 bridgehead atoms. The van der Waals surface area contributed by atoms with Crippen molar-refractivity contribution in [3.8, 4) is 0 Å². The molecule has 0 saturated heterocycles. The van der Waals surface area contributed by atoms with Gasteiger partial charge in [-0.3, -0.25) is 15.6 Å². The van der Waals surface area contributed by atoms with Gasteiger partial charge in [0.1, 0.15) is 5.84 Å². The molecule has 0 saturated carbocycles. The van der Waals surface area contributed by atoms with Crippen molar-refractivity contribution in [1.82, 2.24) is 4.90 Å². The van der Waals surface area contributed by atoms with Gasteiger partial charge in [-0.2, -0.15) is 0 Å². The standard InChI is InChI=1S/C17H17Br2N3O2/c18-14-7-3-4-11(12-5-1-2-6-13(12)14)10-22(17(19)21)15(20)8-9-16(23)24/h1-6,20-21H,7-10H2,(H,23,24). The third-order valence-corrected chi connectivity index (χ3v) is 4.83. The summed E-state index contributed by atoms with van der Waals surface area (Å²) in [5.74, 6) is -0.850. The summed E-state index contributed by atoms with van der Waals surface area (Å²) in [6, 6.07) is 7.98. The van der Waals surface area contributed by atoms with Crippen LogP contribution >= 0.6 is 31.9 Å². The predicted octanol–water partition coefficient (Wildman–Crippen LogP) is 2.77. The Bertz CT molecular complexity index is 830. The van der Waals surface area contributed by atoms with E-state index in [0.717, 1.165) is 26.9 Å². The number of hydrogen-bond acceptors (Lipinski definition) is 3. The van der Waals surface area contributed by atoms with Crippen LogP contribution < -0.4 is 10.4 Å². The summed E-state index contributed by atoms with van der Waals surface area (Å²) in [5, 5.41) is 26.9. The molecule has 1 aliphatic carbocycles. The minimum Gasteiger partial charge on any atom is -0.481 e. The Morgan fingerprint density at radius 1 is 1.21 bits per heavy atom. The first-order valence-electron chi connectivity index (χ1n) is 7.34. The minimum atomic E-state index is -0.952. The van der Waals surface area contributed by atoms with Crippen molar-refractivity contribution >= 4 is 58.5 Å². The van der Waals surface area contributed by atoms with Crippen LogP contribution in [0.5, 0.6) is 0 Å². The number of carboxylic acid groups (broad SMARTS) is 1. The zero-order chi connectivity index (χ0) is 17.7. The zero-order valence-corrected chi connectivity index (χ0v) is 16.0. The van der Waals surface area contributed by atoms with Crippen LogP contribution in [0.1, 0.15) is 19.3 Å². The number of carboxylic acids is 1. The van der Waals surface area contributed by atoms with E-state index < -0.39 is 5.97 Å². The van der Waals surface area contributed by atoms with Gasteiger partial charge in [0.2, 0.25) is 0 Å². The van der Waals surface area contributed by atoms with Gasteiger partial charge in [-0.25, -0.2) is 0 Å². The van der Waals surface area contributed by atoms with Gasteiger partial charge >= 0.3 is 5.97 Å². The lowest BCUT2D eigenvalue weighted by Gasteiger charge is -2.23. The van der Waals surface area contributed by atoms with Crippen molar-refractivity contribution < 1.29 is 9.90 Å². The fourth-order valence-electron chi connectivity index (χ4n) is 2.46. The Labute approximate surface area is 156 Å². The SMILES string of the molecule is N=C(Br)N(CC1=c2ccccc2=C(Br)CC=C1)C(=N)CCC(=O)O. The first kappa shape index (κ1) is 18.6. The van der Waals surface area contributed by atoms with Gasteiger partial charge in [0, 0.05) is 10.9 Å². The lowest BCUT2D eigenvalue weighted by molar-refractivity contribution is -0.136. The Morgan fingerprint density at radius 2 is 1.88 bits per heavy atom. The number of nitrogens with one attached hydrogen (secondary N) is 2. The van der Waals surface area contributed by atoms with E-state index in [2.05, 4.69) is 31.9 Å². The second kappa shape index (κ2) is 8.39. The van der Waals surface area contributed by atoms with Gasteiger partial charge in [-0.05, 0) is 38.4 Å². The van der Waals surface area contributed by atoms with Crippen molar-refractivity contribution in [2.45, 2.75) is 19.3 Å². The highest BCUT2D eigenvalue weighted by Gasteiger charge is 2.16. The number of carbonyl (C=O) groups is 1. The molecule has 7 heteroatoms. The van der Waals surface area contributed by atoms with Crippen molar-refractivity contribution in [3.05, 3.63) is 46.9 Å². The molecule has 0 aliphatic heterocycles. The van der Waals surface area contributed by atoms with E-state index in [1.807, 2.05) is 36.4 Å². The molecule has 1 aromatic carbocycles. The average molecular weight is 455 g/mol. The molecule has 0 fully saturated rings. The molecule has 5 nitrogen and oxygen atoms in total. The molecule has 24 heavy (non-hydrogen) atoms. The Morgan fingerprint density at radius 3 is 2.50 bits per heavy atom. The van der Waals surface area contributed by atoms with Crippen LogP contribution in [0, 0.1) is 10.8 Å². The number of nitrogens with zero attached hydrogens (tertiary/aromatic N) is 1. The number of fused-ring (bicyclic) bond motifs is 1. The van der Waals surface area contributed by atoms with Gasteiger partial charge < -0.3 is 10.0 Å². The number of hydrogen-bond donors (Lipinski definition) is 3. The van der Waals surface area contributed by atoms with Crippen LogP contribution in [0.15, 0.2) is 36.4 Å². The number of aliphatic carboxylic acids is 1. The molecule has 1 aliphatic rings. The van der Waals surface area contributed by atoms with Crippen molar-refractivity contribution in [1.29, 1.82) is 10.8 Å². The highest BCUT2D eigenvalue weighted by Crippen LogP contribution is 2.15. The molecule has 0 aromatic heterocycles. The van der Waals surface area contributed by atoms with Crippen molar-refractivity contribution in [2.75, 3.05) is 6.54 Å². The van der Waals surface area contributed by atoms with Crippen LogP contribution in [-0.2, 0) is 4.79 Å². The smallest absolute Gasteiger partial charge is 0.303 e. The molecular formula is C17H17Br2N3O2. The van der Waals surface area contributed by atoms with Crippen LogP contribution in [0.4, 0.5) is 0 Å². The van der Waals surface area contributed by atoms with E-state index in [-0.39, 0.29) is 23.4 Å². The minimum absolute atomic E-state index is 0.0450. The Hall–Kier alpha value is -1.73. The molecule has 0 heterocycles. The van der Waals surface area contributed by atoms with E-state index >= 15 is 0 Å². The third-order valence-electron chi connectivity index (χ3n) is 3.65. The molecule has 126 valence electrons. The lowest BCUT2D eigenvalue weighted by atomic mass is 10.1.